The first-order valence-electron chi connectivity index (χ1n) is 10.6. The molecule has 168 valence electrons. The molecular formula is C23H32N4O3S. The van der Waals surface area contributed by atoms with Gasteiger partial charge in [-0.1, -0.05) is 36.4 Å². The van der Waals surface area contributed by atoms with E-state index in [9.17, 15) is 13.2 Å². The maximum atomic E-state index is 12.3. The predicted molar refractivity (Wildman–Crippen MR) is 122 cm³/mol. The number of nitrogens with zero attached hydrogens (tertiary/aromatic N) is 2. The Kier molecular flexibility index (Phi) is 8.20. The second-order valence-corrected chi connectivity index (χ2v) is 9.91. The quantitative estimate of drug-likeness (QED) is 0.614. The van der Waals surface area contributed by atoms with Gasteiger partial charge in [-0.05, 0) is 49.3 Å². The van der Waals surface area contributed by atoms with Gasteiger partial charge in [-0.25, -0.2) is 13.1 Å². The Balaban J connectivity index is 1.44. The summed E-state index contributed by atoms with van der Waals surface area (Å²) in [6, 6.07) is 15.0. The molecule has 1 fully saturated rings. The second kappa shape index (κ2) is 10.9. The highest BCUT2D eigenvalue weighted by Gasteiger charge is 2.14. The molecule has 2 aromatic rings. The van der Waals surface area contributed by atoms with Crippen LogP contribution in [0.5, 0.6) is 0 Å². The third-order valence-corrected chi connectivity index (χ3v) is 7.06. The molecule has 0 saturated carbocycles. The zero-order chi connectivity index (χ0) is 22.3. The largest absolute Gasteiger partial charge is 0.352 e. The number of hydrogen-bond donors (Lipinski definition) is 2. The molecule has 2 aromatic carbocycles. The number of piperazine rings is 1. The fraction of sp³-hybridized carbons (Fsp3) is 0.435. The average Bonchev–Trinajstić information content (AvgIpc) is 2.78. The van der Waals surface area contributed by atoms with E-state index in [1.54, 1.807) is 24.3 Å². The molecule has 1 aliphatic heterocycles. The lowest BCUT2D eigenvalue weighted by Gasteiger charge is -2.32. The van der Waals surface area contributed by atoms with Crippen LogP contribution in [-0.2, 0) is 34.3 Å². The van der Waals surface area contributed by atoms with E-state index >= 15 is 0 Å². The van der Waals surface area contributed by atoms with E-state index < -0.39 is 10.0 Å². The lowest BCUT2D eigenvalue weighted by molar-refractivity contribution is -0.121. The fourth-order valence-corrected chi connectivity index (χ4v) is 4.33. The monoisotopic (exact) mass is 444 g/mol. The zero-order valence-electron chi connectivity index (χ0n) is 18.3. The molecule has 3 rings (SSSR count). The third-order valence-electron chi connectivity index (χ3n) is 5.63. The van der Waals surface area contributed by atoms with Crippen LogP contribution in [0, 0.1) is 0 Å². The second-order valence-electron chi connectivity index (χ2n) is 8.03. The summed E-state index contributed by atoms with van der Waals surface area (Å²) in [6.07, 6.45) is 0.925. The summed E-state index contributed by atoms with van der Waals surface area (Å²) in [5.41, 5.74) is 3.30. The van der Waals surface area contributed by atoms with E-state index in [4.69, 9.17) is 0 Å². The minimum atomic E-state index is -3.44. The van der Waals surface area contributed by atoms with Gasteiger partial charge in [-0.15, -0.1) is 0 Å². The van der Waals surface area contributed by atoms with Gasteiger partial charge in [-0.3, -0.25) is 9.69 Å². The smallest absolute Gasteiger partial charge is 0.240 e. The minimum Gasteiger partial charge on any atom is -0.352 e. The standard InChI is InChI=1S/C23H32N4O3S/c1-24-31(29,30)22-9-6-19(7-10-22)8-11-23(28)25-17-20-4-3-5-21(16-20)18-27-14-12-26(2)13-15-27/h3-7,9-10,16,24H,8,11-15,17-18H2,1-2H3,(H,25,28). The number of carbonyl (C=O) groups excluding carboxylic acids is 1. The number of aryl methyl sites for hydroxylation is 1. The Bertz CT molecular complexity index is 969. The number of benzene rings is 2. The average molecular weight is 445 g/mol. The SMILES string of the molecule is CNS(=O)(=O)c1ccc(CCC(=O)NCc2cccc(CN3CCN(C)CC3)c2)cc1. The van der Waals surface area contributed by atoms with Crippen molar-refractivity contribution in [1.82, 2.24) is 19.8 Å². The van der Waals surface area contributed by atoms with E-state index in [1.807, 2.05) is 12.1 Å². The molecule has 0 spiro atoms. The third kappa shape index (κ3) is 7.14. The Labute approximate surface area is 185 Å². The molecule has 1 heterocycles. The Morgan fingerprint density at radius 2 is 1.65 bits per heavy atom. The van der Waals surface area contributed by atoms with Gasteiger partial charge in [0.1, 0.15) is 0 Å². The van der Waals surface area contributed by atoms with Crippen molar-refractivity contribution < 1.29 is 13.2 Å². The summed E-state index contributed by atoms with van der Waals surface area (Å²) in [7, 11) is 0.106. The normalized spacial score (nSPS) is 15.7. The number of hydrogen-bond acceptors (Lipinski definition) is 5. The Hall–Kier alpha value is -2.26. The predicted octanol–water partition coefficient (Wildman–Crippen LogP) is 1.59. The van der Waals surface area contributed by atoms with Crippen molar-refractivity contribution in [3.63, 3.8) is 0 Å². The number of rotatable bonds is 9. The summed E-state index contributed by atoms with van der Waals surface area (Å²) in [6.45, 7) is 5.82. The lowest BCUT2D eigenvalue weighted by Crippen LogP contribution is -2.43. The molecule has 7 nitrogen and oxygen atoms in total. The van der Waals surface area contributed by atoms with Crippen molar-refractivity contribution in [3.05, 3.63) is 65.2 Å². The molecular weight excluding hydrogens is 412 g/mol. The Morgan fingerprint density at radius 1 is 0.968 bits per heavy atom. The first kappa shape index (κ1) is 23.4. The maximum absolute atomic E-state index is 12.3. The molecule has 0 unspecified atom stereocenters. The topological polar surface area (TPSA) is 81.7 Å². The van der Waals surface area contributed by atoms with Gasteiger partial charge in [0.25, 0.3) is 0 Å². The van der Waals surface area contributed by atoms with Crippen LogP contribution in [-0.4, -0.2) is 64.4 Å². The van der Waals surface area contributed by atoms with Crippen LogP contribution in [0.2, 0.25) is 0 Å². The van der Waals surface area contributed by atoms with Crippen molar-refractivity contribution in [2.24, 2.45) is 0 Å². The number of sulfonamides is 1. The van der Waals surface area contributed by atoms with Crippen LogP contribution in [0.25, 0.3) is 0 Å². The molecule has 0 aliphatic carbocycles. The summed E-state index contributed by atoms with van der Waals surface area (Å²) in [5, 5.41) is 2.99. The number of nitrogens with one attached hydrogen (secondary N) is 2. The molecule has 8 heteroatoms. The van der Waals surface area contributed by atoms with Crippen molar-refractivity contribution in [3.8, 4) is 0 Å². The van der Waals surface area contributed by atoms with Gasteiger partial charge in [0.2, 0.25) is 15.9 Å². The van der Waals surface area contributed by atoms with Crippen LogP contribution >= 0.6 is 0 Å². The van der Waals surface area contributed by atoms with E-state index in [0.29, 0.717) is 19.4 Å². The summed E-state index contributed by atoms with van der Waals surface area (Å²) in [4.78, 5) is 17.3. The summed E-state index contributed by atoms with van der Waals surface area (Å²) in [5.74, 6) is -0.0172. The number of carbonyl (C=O) groups is 1. The molecule has 0 radical (unpaired) electrons. The highest BCUT2D eigenvalue weighted by molar-refractivity contribution is 7.89. The zero-order valence-corrected chi connectivity index (χ0v) is 19.1. The van der Waals surface area contributed by atoms with Crippen LogP contribution in [0.3, 0.4) is 0 Å². The summed E-state index contributed by atoms with van der Waals surface area (Å²) < 4.78 is 25.8. The van der Waals surface area contributed by atoms with Crippen molar-refractivity contribution in [1.29, 1.82) is 0 Å². The van der Waals surface area contributed by atoms with E-state index in [2.05, 4.69) is 39.0 Å². The minimum absolute atomic E-state index is 0.0172. The lowest BCUT2D eigenvalue weighted by atomic mass is 10.1. The molecule has 0 atom stereocenters. The highest BCUT2D eigenvalue weighted by Crippen LogP contribution is 2.12. The van der Waals surface area contributed by atoms with E-state index in [1.165, 1.54) is 12.6 Å². The Morgan fingerprint density at radius 3 is 2.32 bits per heavy atom. The van der Waals surface area contributed by atoms with Crippen molar-refractivity contribution in [2.75, 3.05) is 40.3 Å². The van der Waals surface area contributed by atoms with Crippen LogP contribution in [0.1, 0.15) is 23.1 Å². The van der Waals surface area contributed by atoms with Gasteiger partial charge in [0.15, 0.2) is 0 Å². The molecule has 1 aliphatic rings. The highest BCUT2D eigenvalue weighted by atomic mass is 32.2. The molecule has 31 heavy (non-hydrogen) atoms. The molecule has 2 N–H and O–H groups in total. The fourth-order valence-electron chi connectivity index (χ4n) is 3.60. The van der Waals surface area contributed by atoms with E-state index in [0.717, 1.165) is 43.9 Å². The maximum Gasteiger partial charge on any atom is 0.240 e. The van der Waals surface area contributed by atoms with Crippen molar-refractivity contribution in [2.45, 2.75) is 30.8 Å². The van der Waals surface area contributed by atoms with E-state index in [-0.39, 0.29) is 10.8 Å². The van der Waals surface area contributed by atoms with Crippen LogP contribution in [0.4, 0.5) is 0 Å². The molecule has 1 amide bonds. The van der Waals surface area contributed by atoms with Gasteiger partial charge >= 0.3 is 0 Å². The summed E-state index contributed by atoms with van der Waals surface area (Å²) >= 11 is 0. The van der Waals surface area contributed by atoms with Crippen molar-refractivity contribution >= 4 is 15.9 Å². The van der Waals surface area contributed by atoms with Gasteiger partial charge in [0, 0.05) is 45.7 Å². The molecule has 0 aromatic heterocycles. The number of likely N-dealkylation sites (N-methyl/N-ethyl adjacent to an activating group) is 1. The van der Waals surface area contributed by atoms with Gasteiger partial charge in [-0.2, -0.15) is 0 Å². The van der Waals surface area contributed by atoms with Gasteiger partial charge < -0.3 is 10.2 Å². The molecule has 1 saturated heterocycles. The van der Waals surface area contributed by atoms with Crippen LogP contribution < -0.4 is 10.0 Å². The number of amides is 1. The first-order valence-corrected chi connectivity index (χ1v) is 12.1. The van der Waals surface area contributed by atoms with Gasteiger partial charge in [0.05, 0.1) is 4.90 Å². The molecule has 0 bridgehead atoms. The van der Waals surface area contributed by atoms with Crippen LogP contribution in [0.15, 0.2) is 53.4 Å². The first-order chi connectivity index (χ1) is 14.9.